The van der Waals surface area contributed by atoms with Crippen LogP contribution in [0.25, 0.3) is 6.08 Å². The van der Waals surface area contributed by atoms with Crippen LogP contribution in [-0.4, -0.2) is 75.3 Å². The summed E-state index contributed by atoms with van der Waals surface area (Å²) in [7, 11) is 6.25. The van der Waals surface area contributed by atoms with E-state index >= 15 is 0 Å². The minimum absolute atomic E-state index is 0.155. The Bertz CT molecular complexity index is 638. The van der Waals surface area contributed by atoms with Crippen LogP contribution in [0, 0.1) is 0 Å². The van der Waals surface area contributed by atoms with Crippen LogP contribution in [0.2, 0.25) is 0 Å². The van der Waals surface area contributed by atoms with Crippen molar-refractivity contribution in [3.63, 3.8) is 0 Å². The van der Waals surface area contributed by atoms with Crippen molar-refractivity contribution in [3.05, 3.63) is 41.5 Å². The summed E-state index contributed by atoms with van der Waals surface area (Å²) in [6.07, 6.45) is 6.67. The molecular weight excluding hydrogens is 336 g/mol. The standard InChI is InChI=1S/C22H34N4O/c1-23-21(24-18-22(25(2)3)11-15-27-16-12-22)26-13-9-20(10-14-26)17-19-7-5-4-6-8-19/h4-8,17H,9-16,18H2,1-3H3,(H,23,24). The lowest BCUT2D eigenvalue weighted by atomic mass is 9.88. The normalized spacial score (nSPS) is 20.7. The zero-order valence-electron chi connectivity index (χ0n) is 17.1. The summed E-state index contributed by atoms with van der Waals surface area (Å²) in [5, 5.41) is 3.65. The molecule has 27 heavy (non-hydrogen) atoms. The van der Waals surface area contributed by atoms with Gasteiger partial charge in [0.15, 0.2) is 5.96 Å². The first-order chi connectivity index (χ1) is 13.1. The molecule has 0 amide bonds. The Kier molecular flexibility index (Phi) is 6.91. The maximum Gasteiger partial charge on any atom is 0.193 e. The second-order valence-electron chi connectivity index (χ2n) is 7.83. The number of likely N-dealkylation sites (tertiary alicyclic amines) is 1. The quantitative estimate of drug-likeness (QED) is 0.654. The van der Waals surface area contributed by atoms with Crippen molar-refractivity contribution in [3.8, 4) is 0 Å². The number of ether oxygens (including phenoxy) is 1. The van der Waals surface area contributed by atoms with E-state index in [1.54, 1.807) is 0 Å². The molecule has 0 atom stereocenters. The van der Waals surface area contributed by atoms with E-state index in [-0.39, 0.29) is 5.54 Å². The largest absolute Gasteiger partial charge is 0.381 e. The number of likely N-dealkylation sites (N-methyl/N-ethyl adjacent to an activating group) is 1. The third-order valence-electron chi connectivity index (χ3n) is 6.04. The zero-order chi connectivity index (χ0) is 19.1. The molecule has 5 nitrogen and oxygen atoms in total. The van der Waals surface area contributed by atoms with Gasteiger partial charge in [-0.2, -0.15) is 0 Å². The van der Waals surface area contributed by atoms with Crippen LogP contribution in [0.15, 0.2) is 40.9 Å². The Morgan fingerprint density at radius 1 is 1.19 bits per heavy atom. The summed E-state index contributed by atoms with van der Waals surface area (Å²) in [4.78, 5) is 9.31. The first-order valence-electron chi connectivity index (χ1n) is 10.1. The topological polar surface area (TPSA) is 40.1 Å². The van der Waals surface area contributed by atoms with Crippen molar-refractivity contribution in [1.29, 1.82) is 0 Å². The predicted octanol–water partition coefficient (Wildman–Crippen LogP) is 2.85. The van der Waals surface area contributed by atoms with E-state index in [4.69, 9.17) is 4.74 Å². The average molecular weight is 371 g/mol. The van der Waals surface area contributed by atoms with Crippen LogP contribution >= 0.6 is 0 Å². The lowest BCUT2D eigenvalue weighted by Crippen LogP contribution is -2.57. The molecule has 0 radical (unpaired) electrons. The van der Waals surface area contributed by atoms with Crippen molar-refractivity contribution in [1.82, 2.24) is 15.1 Å². The third-order valence-corrected chi connectivity index (χ3v) is 6.04. The summed E-state index contributed by atoms with van der Waals surface area (Å²) in [5.74, 6) is 1.03. The Morgan fingerprint density at radius 3 is 2.44 bits per heavy atom. The maximum absolute atomic E-state index is 5.58. The highest BCUT2D eigenvalue weighted by atomic mass is 16.5. The molecule has 3 rings (SSSR count). The van der Waals surface area contributed by atoms with Crippen LogP contribution in [0.1, 0.15) is 31.2 Å². The number of piperidine rings is 1. The van der Waals surface area contributed by atoms with Gasteiger partial charge in [-0.15, -0.1) is 0 Å². The number of guanidine groups is 1. The SMILES string of the molecule is CN=C(NCC1(N(C)C)CCOCC1)N1CCC(=Cc2ccccc2)CC1. The van der Waals surface area contributed by atoms with Crippen LogP contribution in [0.3, 0.4) is 0 Å². The molecule has 0 saturated carbocycles. The predicted molar refractivity (Wildman–Crippen MR) is 113 cm³/mol. The molecule has 148 valence electrons. The van der Waals surface area contributed by atoms with Gasteiger partial charge in [0.25, 0.3) is 0 Å². The van der Waals surface area contributed by atoms with Gasteiger partial charge in [-0.25, -0.2) is 0 Å². The van der Waals surface area contributed by atoms with Gasteiger partial charge in [0.2, 0.25) is 0 Å². The molecule has 1 aromatic carbocycles. The highest BCUT2D eigenvalue weighted by Crippen LogP contribution is 2.25. The number of rotatable bonds is 4. The number of nitrogens with one attached hydrogen (secondary N) is 1. The van der Waals surface area contributed by atoms with Crippen molar-refractivity contribution in [2.24, 2.45) is 4.99 Å². The van der Waals surface area contributed by atoms with Gasteiger partial charge < -0.3 is 19.9 Å². The molecule has 0 aromatic heterocycles. The van der Waals surface area contributed by atoms with Crippen molar-refractivity contribution < 1.29 is 4.74 Å². The Labute approximate surface area is 164 Å². The summed E-state index contributed by atoms with van der Waals surface area (Å²) in [5.41, 5.74) is 2.99. The molecule has 0 aliphatic carbocycles. The van der Waals surface area contributed by atoms with Crippen LogP contribution in [0.4, 0.5) is 0 Å². The molecule has 2 heterocycles. The first-order valence-corrected chi connectivity index (χ1v) is 10.1. The smallest absolute Gasteiger partial charge is 0.193 e. The van der Waals surface area contributed by atoms with Gasteiger partial charge in [0, 0.05) is 45.4 Å². The molecule has 2 aliphatic rings. The fourth-order valence-electron chi connectivity index (χ4n) is 4.04. The molecule has 1 N–H and O–H groups in total. The van der Waals surface area contributed by atoms with E-state index in [9.17, 15) is 0 Å². The van der Waals surface area contributed by atoms with Crippen molar-refractivity contribution in [2.45, 2.75) is 31.2 Å². The summed E-state index contributed by atoms with van der Waals surface area (Å²) in [6, 6.07) is 10.6. The fourth-order valence-corrected chi connectivity index (χ4v) is 4.04. The Hall–Kier alpha value is -1.85. The molecular formula is C22H34N4O. The van der Waals surface area contributed by atoms with E-state index in [1.165, 1.54) is 11.1 Å². The first kappa shape index (κ1) is 19.9. The third kappa shape index (κ3) is 5.11. The maximum atomic E-state index is 5.58. The van der Waals surface area contributed by atoms with Crippen LogP contribution in [0.5, 0.6) is 0 Å². The second kappa shape index (κ2) is 9.38. The molecule has 2 saturated heterocycles. The molecule has 0 spiro atoms. The Morgan fingerprint density at radius 2 is 1.85 bits per heavy atom. The lowest BCUT2D eigenvalue weighted by molar-refractivity contribution is -0.00527. The summed E-state index contributed by atoms with van der Waals surface area (Å²) < 4.78 is 5.58. The van der Waals surface area contributed by atoms with Gasteiger partial charge in [-0.05, 0) is 45.3 Å². The molecule has 1 aromatic rings. The molecule has 2 fully saturated rings. The highest BCUT2D eigenvalue weighted by Gasteiger charge is 2.35. The van der Waals surface area contributed by atoms with E-state index in [0.717, 1.165) is 64.5 Å². The number of hydrogen-bond acceptors (Lipinski definition) is 3. The van der Waals surface area contributed by atoms with Gasteiger partial charge in [0.1, 0.15) is 0 Å². The highest BCUT2D eigenvalue weighted by molar-refractivity contribution is 5.80. The Balaban J connectivity index is 1.55. The average Bonchev–Trinajstić information content (AvgIpc) is 2.71. The number of hydrogen-bond donors (Lipinski definition) is 1. The molecule has 5 heteroatoms. The number of aliphatic imine (C=N–C) groups is 1. The second-order valence-corrected chi connectivity index (χ2v) is 7.83. The van der Waals surface area contributed by atoms with Crippen molar-refractivity contribution in [2.75, 3.05) is 54.0 Å². The summed E-state index contributed by atoms with van der Waals surface area (Å²) in [6.45, 7) is 4.65. The number of nitrogens with zero attached hydrogens (tertiary/aromatic N) is 3. The zero-order valence-corrected chi connectivity index (χ0v) is 17.1. The van der Waals surface area contributed by atoms with Gasteiger partial charge in [0.05, 0.1) is 0 Å². The number of benzene rings is 1. The summed E-state index contributed by atoms with van der Waals surface area (Å²) >= 11 is 0. The monoisotopic (exact) mass is 370 g/mol. The van der Waals surface area contributed by atoms with Crippen molar-refractivity contribution >= 4 is 12.0 Å². The van der Waals surface area contributed by atoms with Gasteiger partial charge >= 0.3 is 0 Å². The minimum atomic E-state index is 0.155. The van der Waals surface area contributed by atoms with Gasteiger partial charge in [-0.1, -0.05) is 42.0 Å². The van der Waals surface area contributed by atoms with E-state index in [2.05, 4.69) is 70.6 Å². The van der Waals surface area contributed by atoms with E-state index < -0.39 is 0 Å². The molecule has 0 bridgehead atoms. The molecule has 2 aliphatic heterocycles. The van der Waals surface area contributed by atoms with Crippen LogP contribution in [-0.2, 0) is 4.74 Å². The van der Waals surface area contributed by atoms with E-state index in [0.29, 0.717) is 0 Å². The lowest BCUT2D eigenvalue weighted by Gasteiger charge is -2.44. The van der Waals surface area contributed by atoms with E-state index in [1.807, 2.05) is 7.05 Å². The molecule has 0 unspecified atom stereocenters. The van der Waals surface area contributed by atoms with Crippen LogP contribution < -0.4 is 5.32 Å². The van der Waals surface area contributed by atoms with Gasteiger partial charge in [-0.3, -0.25) is 4.99 Å². The minimum Gasteiger partial charge on any atom is -0.381 e. The fraction of sp³-hybridized carbons (Fsp3) is 0.591.